The summed E-state index contributed by atoms with van der Waals surface area (Å²) >= 11 is 0. The van der Waals surface area contributed by atoms with Gasteiger partial charge in [-0.05, 0) is 51.6 Å². The van der Waals surface area contributed by atoms with E-state index in [-0.39, 0.29) is 30.7 Å². The minimum absolute atomic E-state index is 0. The molecule has 4 atom stereocenters. The van der Waals surface area contributed by atoms with Gasteiger partial charge >= 0.3 is 0 Å². The number of fused-ring (bicyclic) bond motifs is 1. The molecule has 0 aromatic carbocycles. The third-order valence-electron chi connectivity index (χ3n) is 5.75. The standard InChI is InChI=1S/C16H29N3O.2ClH/c1-12-10-18-8-3-2-6-14(18)11-19(12)16(20)15-7-4-5-13(15)9-17;;/h12-15H,2-11,17H2,1H3;2*1H/t12?,13-,14?,15-;;/m1../s1. The zero-order chi connectivity index (χ0) is 14.1. The number of nitrogens with zero attached hydrogens (tertiary/aromatic N) is 2. The van der Waals surface area contributed by atoms with Crippen LogP contribution in [-0.4, -0.2) is 54.0 Å². The van der Waals surface area contributed by atoms with Crippen molar-refractivity contribution in [3.05, 3.63) is 0 Å². The molecule has 2 saturated heterocycles. The van der Waals surface area contributed by atoms with Crippen LogP contribution in [0.25, 0.3) is 0 Å². The molecule has 2 N–H and O–H groups in total. The summed E-state index contributed by atoms with van der Waals surface area (Å²) in [5.74, 6) is 1.03. The van der Waals surface area contributed by atoms with Crippen LogP contribution in [0.3, 0.4) is 0 Å². The first kappa shape index (κ1) is 20.0. The molecule has 130 valence electrons. The fourth-order valence-electron chi connectivity index (χ4n) is 4.52. The average molecular weight is 352 g/mol. The minimum atomic E-state index is 0. The van der Waals surface area contributed by atoms with Crippen molar-refractivity contribution in [2.24, 2.45) is 17.6 Å². The maximum Gasteiger partial charge on any atom is 0.226 e. The van der Waals surface area contributed by atoms with Crippen LogP contribution in [0, 0.1) is 11.8 Å². The highest BCUT2D eigenvalue weighted by Gasteiger charge is 2.40. The van der Waals surface area contributed by atoms with Gasteiger partial charge in [0.25, 0.3) is 0 Å². The fourth-order valence-corrected chi connectivity index (χ4v) is 4.52. The molecule has 2 heterocycles. The van der Waals surface area contributed by atoms with Crippen molar-refractivity contribution in [2.45, 2.75) is 57.5 Å². The molecule has 2 aliphatic heterocycles. The zero-order valence-electron chi connectivity index (χ0n) is 13.6. The number of nitrogens with two attached hydrogens (primary N) is 1. The number of piperazine rings is 1. The molecule has 22 heavy (non-hydrogen) atoms. The summed E-state index contributed by atoms with van der Waals surface area (Å²) in [6.07, 6.45) is 7.29. The number of rotatable bonds is 2. The minimum Gasteiger partial charge on any atom is -0.337 e. The molecular weight excluding hydrogens is 321 g/mol. The SMILES string of the molecule is CC1CN2CCCCC2CN1C(=O)[C@@H]1CCC[C@@H]1CN.Cl.Cl. The van der Waals surface area contributed by atoms with Crippen LogP contribution < -0.4 is 5.73 Å². The number of halogens is 2. The highest BCUT2D eigenvalue weighted by molar-refractivity contribution is 5.85. The predicted molar refractivity (Wildman–Crippen MR) is 94.8 cm³/mol. The van der Waals surface area contributed by atoms with Gasteiger partial charge in [0, 0.05) is 31.1 Å². The Bertz CT molecular complexity index is 369. The maximum absolute atomic E-state index is 12.9. The van der Waals surface area contributed by atoms with Crippen LogP contribution >= 0.6 is 24.8 Å². The normalized spacial score (nSPS) is 35.3. The van der Waals surface area contributed by atoms with Crippen molar-refractivity contribution in [2.75, 3.05) is 26.2 Å². The smallest absolute Gasteiger partial charge is 0.226 e. The first-order valence-corrected chi connectivity index (χ1v) is 8.45. The van der Waals surface area contributed by atoms with Crippen molar-refractivity contribution >= 4 is 30.7 Å². The van der Waals surface area contributed by atoms with Gasteiger partial charge in [-0.1, -0.05) is 12.8 Å². The molecule has 4 nitrogen and oxygen atoms in total. The second-order valence-corrected chi connectivity index (χ2v) is 7.02. The molecule has 0 bridgehead atoms. The van der Waals surface area contributed by atoms with Crippen molar-refractivity contribution in [1.82, 2.24) is 9.80 Å². The molecule has 0 aromatic rings. The van der Waals surface area contributed by atoms with Crippen molar-refractivity contribution < 1.29 is 4.79 Å². The third-order valence-corrected chi connectivity index (χ3v) is 5.75. The lowest BCUT2D eigenvalue weighted by Crippen LogP contribution is -2.61. The number of piperidine rings is 1. The van der Waals surface area contributed by atoms with Gasteiger partial charge in [-0.2, -0.15) is 0 Å². The summed E-state index contributed by atoms with van der Waals surface area (Å²) in [5, 5.41) is 0. The molecule has 1 aliphatic carbocycles. The Hall–Kier alpha value is -0.0300. The molecule has 3 fully saturated rings. The zero-order valence-corrected chi connectivity index (χ0v) is 15.2. The Labute approximate surface area is 147 Å². The molecular formula is C16H31Cl2N3O. The number of amides is 1. The predicted octanol–water partition coefficient (Wildman–Crippen LogP) is 2.29. The Morgan fingerprint density at radius 3 is 2.59 bits per heavy atom. The van der Waals surface area contributed by atoms with Crippen molar-refractivity contribution in [3.63, 3.8) is 0 Å². The van der Waals surface area contributed by atoms with E-state index in [4.69, 9.17) is 5.73 Å². The van der Waals surface area contributed by atoms with Gasteiger partial charge in [0.1, 0.15) is 0 Å². The van der Waals surface area contributed by atoms with Gasteiger partial charge in [0.05, 0.1) is 0 Å². The quantitative estimate of drug-likeness (QED) is 0.830. The van der Waals surface area contributed by atoms with Gasteiger partial charge in [0.2, 0.25) is 5.91 Å². The molecule has 6 heteroatoms. The van der Waals surface area contributed by atoms with E-state index in [9.17, 15) is 4.79 Å². The van der Waals surface area contributed by atoms with Crippen molar-refractivity contribution in [1.29, 1.82) is 0 Å². The second-order valence-electron chi connectivity index (χ2n) is 7.02. The highest BCUT2D eigenvalue weighted by Crippen LogP contribution is 2.34. The molecule has 2 unspecified atom stereocenters. The number of hydrogen-bond donors (Lipinski definition) is 1. The Morgan fingerprint density at radius 2 is 1.86 bits per heavy atom. The lowest BCUT2D eigenvalue weighted by Gasteiger charge is -2.48. The Balaban J connectivity index is 0.00000121. The Morgan fingerprint density at radius 1 is 1.09 bits per heavy atom. The molecule has 1 saturated carbocycles. The van der Waals surface area contributed by atoms with E-state index in [0.717, 1.165) is 25.9 Å². The molecule has 0 radical (unpaired) electrons. The van der Waals surface area contributed by atoms with E-state index < -0.39 is 0 Å². The molecule has 3 rings (SSSR count). The van der Waals surface area contributed by atoms with Crippen molar-refractivity contribution in [3.8, 4) is 0 Å². The summed E-state index contributed by atoms with van der Waals surface area (Å²) in [5.41, 5.74) is 5.85. The van der Waals surface area contributed by atoms with Gasteiger partial charge in [0.15, 0.2) is 0 Å². The van der Waals surface area contributed by atoms with Gasteiger partial charge < -0.3 is 10.6 Å². The third kappa shape index (κ3) is 3.89. The lowest BCUT2D eigenvalue weighted by atomic mass is 9.91. The van der Waals surface area contributed by atoms with Gasteiger partial charge in [-0.15, -0.1) is 24.8 Å². The molecule has 0 aromatic heterocycles. The van der Waals surface area contributed by atoms with Gasteiger partial charge in [-0.3, -0.25) is 9.69 Å². The topological polar surface area (TPSA) is 49.6 Å². The van der Waals surface area contributed by atoms with Crippen LogP contribution in [0.2, 0.25) is 0 Å². The first-order valence-electron chi connectivity index (χ1n) is 8.45. The van der Waals surface area contributed by atoms with E-state index in [0.29, 0.717) is 30.5 Å². The van der Waals surface area contributed by atoms with Crippen LogP contribution in [0.15, 0.2) is 0 Å². The molecule has 0 spiro atoms. The monoisotopic (exact) mass is 351 g/mol. The van der Waals surface area contributed by atoms with Crippen LogP contribution in [-0.2, 0) is 4.79 Å². The first-order chi connectivity index (χ1) is 9.70. The molecule has 3 aliphatic rings. The largest absolute Gasteiger partial charge is 0.337 e. The van der Waals surface area contributed by atoms with E-state index in [1.807, 2.05) is 0 Å². The number of carbonyl (C=O) groups excluding carboxylic acids is 1. The van der Waals surface area contributed by atoms with E-state index >= 15 is 0 Å². The summed E-state index contributed by atoms with van der Waals surface area (Å²) < 4.78 is 0. The van der Waals surface area contributed by atoms with E-state index in [1.165, 1.54) is 32.2 Å². The highest BCUT2D eigenvalue weighted by atomic mass is 35.5. The van der Waals surface area contributed by atoms with Crippen LogP contribution in [0.4, 0.5) is 0 Å². The number of hydrogen-bond acceptors (Lipinski definition) is 3. The van der Waals surface area contributed by atoms with Crippen LogP contribution in [0.5, 0.6) is 0 Å². The number of carbonyl (C=O) groups is 1. The summed E-state index contributed by atoms with van der Waals surface area (Å²) in [6.45, 7) is 6.14. The summed E-state index contributed by atoms with van der Waals surface area (Å²) in [6, 6.07) is 0.984. The summed E-state index contributed by atoms with van der Waals surface area (Å²) in [4.78, 5) is 17.7. The maximum atomic E-state index is 12.9. The van der Waals surface area contributed by atoms with Gasteiger partial charge in [-0.25, -0.2) is 0 Å². The fraction of sp³-hybridized carbons (Fsp3) is 0.938. The lowest BCUT2D eigenvalue weighted by molar-refractivity contribution is -0.143. The van der Waals surface area contributed by atoms with Crippen LogP contribution in [0.1, 0.15) is 45.4 Å². The average Bonchev–Trinajstić information content (AvgIpc) is 2.94. The summed E-state index contributed by atoms with van der Waals surface area (Å²) in [7, 11) is 0. The van der Waals surface area contributed by atoms with E-state index in [2.05, 4.69) is 16.7 Å². The molecule has 1 amide bonds. The van der Waals surface area contributed by atoms with E-state index in [1.54, 1.807) is 0 Å². The second kappa shape index (κ2) is 8.72. The Kier molecular flexibility index (Phi) is 7.93.